The number of thiocarbonyl (C=S) groups is 1. The molecule has 2 aromatic carbocycles. The minimum Gasteiger partial charge on any atom is -0.497 e. The average molecular weight is 510 g/mol. The van der Waals surface area contributed by atoms with E-state index in [-0.39, 0.29) is 5.91 Å². The van der Waals surface area contributed by atoms with Gasteiger partial charge in [-0.2, -0.15) is 0 Å². The Kier molecular flexibility index (Phi) is 6.40. The van der Waals surface area contributed by atoms with Gasteiger partial charge in [-0.1, -0.05) is 0 Å². The van der Waals surface area contributed by atoms with Gasteiger partial charge in [0, 0.05) is 0 Å². The Morgan fingerprint density at radius 3 is 2.50 bits per heavy atom. The van der Waals surface area contributed by atoms with E-state index in [4.69, 9.17) is 26.4 Å². The van der Waals surface area contributed by atoms with Crippen molar-refractivity contribution in [1.29, 1.82) is 0 Å². The number of anilines is 1. The number of benzene rings is 2. The number of halogens is 1. The highest BCUT2D eigenvalue weighted by Gasteiger charge is 2.32. The number of rotatable bonds is 6. The molecule has 0 radical (unpaired) electrons. The zero-order valence-electron chi connectivity index (χ0n) is 15.6. The maximum absolute atomic E-state index is 12.9. The molecular weight excluding hydrogens is 491 g/mol. The minimum absolute atomic E-state index is 0.223. The van der Waals surface area contributed by atoms with Gasteiger partial charge < -0.3 is 19.5 Å². The molecule has 1 aliphatic rings. The topological polar surface area (TPSA) is 60.0 Å². The van der Waals surface area contributed by atoms with Crippen molar-refractivity contribution in [3.8, 4) is 17.2 Å². The first-order valence-electron chi connectivity index (χ1n) is 8.50. The predicted octanol–water partition coefficient (Wildman–Crippen LogP) is 3.97. The van der Waals surface area contributed by atoms with Crippen LogP contribution in [-0.2, 0) is 4.79 Å². The molecule has 1 N–H and O–H groups in total. The molecule has 1 aliphatic heterocycles. The van der Waals surface area contributed by atoms with Crippen LogP contribution in [0.4, 0.5) is 5.69 Å². The maximum Gasteiger partial charge on any atom is 0.281 e. The second-order valence-electron chi connectivity index (χ2n) is 5.79. The zero-order chi connectivity index (χ0) is 20.3. The summed E-state index contributed by atoms with van der Waals surface area (Å²) in [5.41, 5.74) is 1.87. The number of hydrogen-bond acceptors (Lipinski definition) is 5. The molecule has 0 spiro atoms. The van der Waals surface area contributed by atoms with Crippen LogP contribution in [0.1, 0.15) is 12.5 Å². The number of carbonyl (C=O) groups is 1. The number of hydrogen-bond donors (Lipinski definition) is 1. The molecule has 1 heterocycles. The molecule has 0 unspecified atom stereocenters. The zero-order valence-corrected chi connectivity index (χ0v) is 18.6. The van der Waals surface area contributed by atoms with Crippen LogP contribution in [-0.4, -0.2) is 31.8 Å². The monoisotopic (exact) mass is 510 g/mol. The van der Waals surface area contributed by atoms with Crippen LogP contribution in [0.3, 0.4) is 0 Å². The van der Waals surface area contributed by atoms with E-state index in [0.29, 0.717) is 40.4 Å². The average Bonchev–Trinajstić information content (AvgIpc) is 2.95. The molecule has 28 heavy (non-hydrogen) atoms. The second-order valence-corrected chi connectivity index (χ2v) is 7.34. The van der Waals surface area contributed by atoms with Crippen LogP contribution in [0.25, 0.3) is 6.08 Å². The molecule has 1 saturated heterocycles. The van der Waals surface area contributed by atoms with Gasteiger partial charge in [-0.25, -0.2) is 0 Å². The third kappa shape index (κ3) is 4.07. The van der Waals surface area contributed by atoms with Gasteiger partial charge in [0.15, 0.2) is 16.6 Å². The highest BCUT2D eigenvalue weighted by molar-refractivity contribution is 14.1. The molecule has 1 fully saturated rings. The highest BCUT2D eigenvalue weighted by atomic mass is 127. The van der Waals surface area contributed by atoms with E-state index in [1.165, 1.54) is 4.90 Å². The number of carbonyl (C=O) groups excluding carboxylic acids is 1. The number of nitrogens with one attached hydrogen (secondary N) is 1. The third-order valence-electron chi connectivity index (χ3n) is 4.06. The van der Waals surface area contributed by atoms with Crippen molar-refractivity contribution < 1.29 is 19.0 Å². The Balaban J connectivity index is 1.93. The van der Waals surface area contributed by atoms with E-state index < -0.39 is 0 Å². The molecular formula is C20H19IN2O4S. The quantitative estimate of drug-likeness (QED) is 0.361. The van der Waals surface area contributed by atoms with Gasteiger partial charge in [0.2, 0.25) is 0 Å². The van der Waals surface area contributed by atoms with E-state index in [0.717, 1.165) is 9.13 Å². The molecule has 0 saturated carbocycles. The Morgan fingerprint density at radius 2 is 1.89 bits per heavy atom. The van der Waals surface area contributed by atoms with Crippen LogP contribution < -0.4 is 24.4 Å². The van der Waals surface area contributed by atoms with Crippen molar-refractivity contribution in [2.24, 2.45) is 0 Å². The van der Waals surface area contributed by atoms with Crippen LogP contribution in [0.2, 0.25) is 0 Å². The van der Waals surface area contributed by atoms with Crippen molar-refractivity contribution in [2.75, 3.05) is 25.7 Å². The summed E-state index contributed by atoms with van der Waals surface area (Å²) < 4.78 is 17.1. The molecule has 146 valence electrons. The lowest BCUT2D eigenvalue weighted by molar-refractivity contribution is -0.113. The van der Waals surface area contributed by atoms with E-state index in [1.807, 2.05) is 19.1 Å². The van der Waals surface area contributed by atoms with E-state index in [2.05, 4.69) is 27.9 Å². The van der Waals surface area contributed by atoms with Gasteiger partial charge in [-0.05, 0) is 89.8 Å². The Bertz CT molecular complexity index is 944. The van der Waals surface area contributed by atoms with Crippen LogP contribution in [0.15, 0.2) is 42.1 Å². The molecule has 0 aromatic heterocycles. The Labute approximate surface area is 182 Å². The van der Waals surface area contributed by atoms with E-state index in [1.54, 1.807) is 44.6 Å². The standard InChI is InChI=1S/C20H19IN2O4S/c1-4-27-17-11-12(9-15(21)18(17)26-3)10-16-19(24)23(20(28)22-16)13-5-7-14(25-2)8-6-13/h5-11H,4H2,1-3H3,(H,22,28). The molecule has 3 rings (SSSR count). The van der Waals surface area contributed by atoms with Gasteiger partial charge in [0.25, 0.3) is 5.91 Å². The van der Waals surface area contributed by atoms with Crippen LogP contribution in [0, 0.1) is 3.57 Å². The SMILES string of the molecule is CCOc1cc(C=C2NC(=S)N(c3ccc(OC)cc3)C2=O)cc(I)c1OC. The summed E-state index contributed by atoms with van der Waals surface area (Å²) in [6.45, 7) is 2.42. The van der Waals surface area contributed by atoms with Crippen molar-refractivity contribution in [3.63, 3.8) is 0 Å². The van der Waals surface area contributed by atoms with Gasteiger partial charge in [0.05, 0.1) is 30.1 Å². The van der Waals surface area contributed by atoms with Crippen molar-refractivity contribution in [3.05, 3.63) is 51.2 Å². The smallest absolute Gasteiger partial charge is 0.281 e. The number of nitrogens with zero attached hydrogens (tertiary/aromatic N) is 1. The number of ether oxygens (including phenoxy) is 3. The molecule has 8 heteroatoms. The first kappa shape index (κ1) is 20.4. The predicted molar refractivity (Wildman–Crippen MR) is 121 cm³/mol. The summed E-state index contributed by atoms with van der Waals surface area (Å²) >= 11 is 7.54. The lowest BCUT2D eigenvalue weighted by Gasteiger charge is -2.14. The van der Waals surface area contributed by atoms with Gasteiger partial charge in [-0.15, -0.1) is 0 Å². The van der Waals surface area contributed by atoms with Crippen molar-refractivity contribution >= 4 is 57.6 Å². The highest BCUT2D eigenvalue weighted by Crippen LogP contribution is 2.35. The molecule has 0 atom stereocenters. The molecule has 1 amide bonds. The van der Waals surface area contributed by atoms with E-state index in [9.17, 15) is 4.79 Å². The summed E-state index contributed by atoms with van der Waals surface area (Å²) in [5, 5.41) is 3.32. The van der Waals surface area contributed by atoms with Gasteiger partial charge >= 0.3 is 0 Å². The minimum atomic E-state index is -0.223. The second kappa shape index (κ2) is 8.78. The fourth-order valence-corrected chi connectivity index (χ4v) is 3.94. The Hall–Kier alpha value is -2.33. The largest absolute Gasteiger partial charge is 0.497 e. The molecule has 2 aromatic rings. The fourth-order valence-electron chi connectivity index (χ4n) is 2.80. The summed E-state index contributed by atoms with van der Waals surface area (Å²) in [7, 11) is 3.20. The number of methoxy groups -OCH3 is 2. The lowest BCUT2D eigenvalue weighted by atomic mass is 10.1. The summed E-state index contributed by atoms with van der Waals surface area (Å²) in [4.78, 5) is 14.4. The fraction of sp³-hybridized carbons (Fsp3) is 0.200. The van der Waals surface area contributed by atoms with E-state index >= 15 is 0 Å². The molecule has 6 nitrogen and oxygen atoms in total. The molecule has 0 aliphatic carbocycles. The van der Waals surface area contributed by atoms with Crippen LogP contribution in [0.5, 0.6) is 17.2 Å². The lowest BCUT2D eigenvalue weighted by Crippen LogP contribution is -2.30. The first-order chi connectivity index (χ1) is 13.5. The Morgan fingerprint density at radius 1 is 1.18 bits per heavy atom. The first-order valence-corrected chi connectivity index (χ1v) is 9.98. The summed E-state index contributed by atoms with van der Waals surface area (Å²) in [6.07, 6.45) is 1.75. The summed E-state index contributed by atoms with van der Waals surface area (Å²) in [6, 6.07) is 10.9. The van der Waals surface area contributed by atoms with Crippen molar-refractivity contribution in [1.82, 2.24) is 5.32 Å². The maximum atomic E-state index is 12.9. The summed E-state index contributed by atoms with van der Waals surface area (Å²) in [5.74, 6) is 1.79. The third-order valence-corrected chi connectivity index (χ3v) is 5.14. The number of amides is 1. The van der Waals surface area contributed by atoms with Crippen LogP contribution >= 0.6 is 34.8 Å². The van der Waals surface area contributed by atoms with Gasteiger partial charge in [-0.3, -0.25) is 9.69 Å². The molecule has 0 bridgehead atoms. The normalized spacial score (nSPS) is 15.0. The van der Waals surface area contributed by atoms with Gasteiger partial charge in [0.1, 0.15) is 11.4 Å². The van der Waals surface area contributed by atoms with Crippen molar-refractivity contribution in [2.45, 2.75) is 6.92 Å².